The summed E-state index contributed by atoms with van der Waals surface area (Å²) < 4.78 is 17.3. The van der Waals surface area contributed by atoms with Crippen LogP contribution in [0.4, 0.5) is 0 Å². The lowest BCUT2D eigenvalue weighted by atomic mass is 10.1. The van der Waals surface area contributed by atoms with Crippen LogP contribution < -0.4 is 9.47 Å². The number of benzene rings is 2. The van der Waals surface area contributed by atoms with Crippen LogP contribution >= 0.6 is 0 Å². The molecule has 5 heteroatoms. The Morgan fingerprint density at radius 1 is 1.04 bits per heavy atom. The molecule has 3 aromatic rings. The van der Waals surface area contributed by atoms with Gasteiger partial charge in [-0.15, -0.1) is 0 Å². The minimum atomic E-state index is 0.203. The van der Waals surface area contributed by atoms with Crippen LogP contribution in [0, 0.1) is 13.8 Å². The van der Waals surface area contributed by atoms with Crippen molar-refractivity contribution in [2.45, 2.75) is 33.4 Å². The maximum atomic E-state index is 5.97. The summed E-state index contributed by atoms with van der Waals surface area (Å²) in [7, 11) is 2.10. The van der Waals surface area contributed by atoms with Crippen molar-refractivity contribution in [2.24, 2.45) is 0 Å². The van der Waals surface area contributed by atoms with E-state index in [0.29, 0.717) is 25.6 Å². The fraction of sp³-hybridized carbons (Fsp3) is 0.348. The van der Waals surface area contributed by atoms with Crippen LogP contribution in [-0.4, -0.2) is 30.1 Å². The van der Waals surface area contributed by atoms with Crippen molar-refractivity contribution in [3.63, 3.8) is 0 Å². The number of fused-ring (bicyclic) bond motifs is 1. The minimum absolute atomic E-state index is 0.203. The van der Waals surface area contributed by atoms with E-state index in [9.17, 15) is 0 Å². The Labute approximate surface area is 165 Å². The fourth-order valence-electron chi connectivity index (χ4n) is 3.45. The molecule has 0 N–H and O–H groups in total. The van der Waals surface area contributed by atoms with Crippen molar-refractivity contribution in [3.05, 3.63) is 65.0 Å². The predicted octanol–water partition coefficient (Wildman–Crippen LogP) is 4.92. The second kappa shape index (κ2) is 7.68. The van der Waals surface area contributed by atoms with Gasteiger partial charge in [0.1, 0.15) is 19.0 Å². The van der Waals surface area contributed by atoms with Crippen LogP contribution in [0.25, 0.3) is 11.5 Å². The summed E-state index contributed by atoms with van der Waals surface area (Å²) >= 11 is 0. The number of nitrogens with zero attached hydrogens (tertiary/aromatic N) is 2. The lowest BCUT2D eigenvalue weighted by molar-refractivity contribution is 0.170. The van der Waals surface area contributed by atoms with E-state index in [1.165, 1.54) is 5.56 Å². The average molecular weight is 378 g/mol. The molecule has 0 saturated heterocycles. The van der Waals surface area contributed by atoms with Gasteiger partial charge in [-0.3, -0.25) is 4.90 Å². The van der Waals surface area contributed by atoms with Crippen LogP contribution in [0.1, 0.15) is 35.5 Å². The Balaban J connectivity index is 1.52. The smallest absolute Gasteiger partial charge is 0.226 e. The topological polar surface area (TPSA) is 47.7 Å². The number of hydrogen-bond acceptors (Lipinski definition) is 5. The molecule has 0 fully saturated rings. The molecule has 1 aliphatic heterocycles. The van der Waals surface area contributed by atoms with E-state index in [1.54, 1.807) is 0 Å². The van der Waals surface area contributed by atoms with Crippen molar-refractivity contribution >= 4 is 0 Å². The first kappa shape index (κ1) is 18.6. The summed E-state index contributed by atoms with van der Waals surface area (Å²) in [6.45, 7) is 8.15. The van der Waals surface area contributed by atoms with Gasteiger partial charge < -0.3 is 13.9 Å². The molecule has 4 rings (SSSR count). The SMILES string of the molecule is Cc1ccccc1-c1nc(CN(C)[C@@H](C)c2ccc3c(c2)OCCO3)c(C)o1. The monoisotopic (exact) mass is 378 g/mol. The lowest BCUT2D eigenvalue weighted by Crippen LogP contribution is -2.23. The number of aryl methyl sites for hydroxylation is 2. The average Bonchev–Trinajstić information content (AvgIpc) is 3.07. The molecule has 0 unspecified atom stereocenters. The summed E-state index contributed by atoms with van der Waals surface area (Å²) in [5.74, 6) is 3.19. The van der Waals surface area contributed by atoms with Gasteiger partial charge in [-0.05, 0) is 57.1 Å². The molecule has 0 amide bonds. The molecule has 0 aliphatic carbocycles. The van der Waals surface area contributed by atoms with Crippen LogP contribution in [0.5, 0.6) is 11.5 Å². The van der Waals surface area contributed by atoms with E-state index in [4.69, 9.17) is 18.9 Å². The van der Waals surface area contributed by atoms with E-state index in [1.807, 2.05) is 31.2 Å². The van der Waals surface area contributed by atoms with E-state index >= 15 is 0 Å². The quantitative estimate of drug-likeness (QED) is 0.630. The highest BCUT2D eigenvalue weighted by atomic mass is 16.6. The standard InChI is InChI=1S/C23H26N2O3/c1-15-7-5-6-8-19(15)23-24-20(17(3)28-23)14-25(4)16(2)18-9-10-21-22(13-18)27-12-11-26-21/h5-10,13,16H,11-12,14H2,1-4H3/t16-/m0/s1. The van der Waals surface area contributed by atoms with Gasteiger partial charge in [0.25, 0.3) is 0 Å². The maximum absolute atomic E-state index is 5.97. The molecular weight excluding hydrogens is 352 g/mol. The lowest BCUT2D eigenvalue weighted by Gasteiger charge is -2.26. The summed E-state index contributed by atoms with van der Waals surface area (Å²) in [6.07, 6.45) is 0. The van der Waals surface area contributed by atoms with Gasteiger partial charge in [-0.25, -0.2) is 4.98 Å². The largest absolute Gasteiger partial charge is 0.486 e. The Hall–Kier alpha value is -2.79. The molecule has 146 valence electrons. The summed E-state index contributed by atoms with van der Waals surface area (Å²) in [6, 6.07) is 14.5. The van der Waals surface area contributed by atoms with Gasteiger partial charge in [0.05, 0.1) is 5.69 Å². The van der Waals surface area contributed by atoms with Crippen LogP contribution in [0.2, 0.25) is 0 Å². The fourth-order valence-corrected chi connectivity index (χ4v) is 3.45. The molecule has 0 radical (unpaired) electrons. The molecule has 28 heavy (non-hydrogen) atoms. The predicted molar refractivity (Wildman–Crippen MR) is 109 cm³/mol. The van der Waals surface area contributed by atoms with E-state index < -0.39 is 0 Å². The molecule has 0 spiro atoms. The third kappa shape index (κ3) is 3.62. The van der Waals surface area contributed by atoms with Gasteiger partial charge in [-0.1, -0.05) is 24.3 Å². The summed E-state index contributed by atoms with van der Waals surface area (Å²) in [4.78, 5) is 7.04. The van der Waals surface area contributed by atoms with Gasteiger partial charge in [0, 0.05) is 18.2 Å². The number of ether oxygens (including phenoxy) is 2. The van der Waals surface area contributed by atoms with Gasteiger partial charge in [0.15, 0.2) is 11.5 Å². The number of oxazole rings is 1. The molecule has 1 aliphatic rings. The Kier molecular flexibility index (Phi) is 5.09. The molecule has 5 nitrogen and oxygen atoms in total. The highest BCUT2D eigenvalue weighted by Crippen LogP contribution is 2.34. The van der Waals surface area contributed by atoms with Gasteiger partial charge >= 0.3 is 0 Å². The van der Waals surface area contributed by atoms with Gasteiger partial charge in [0.2, 0.25) is 5.89 Å². The van der Waals surface area contributed by atoms with E-state index in [-0.39, 0.29) is 6.04 Å². The van der Waals surface area contributed by atoms with Crippen molar-refractivity contribution in [1.29, 1.82) is 0 Å². The minimum Gasteiger partial charge on any atom is -0.486 e. The zero-order chi connectivity index (χ0) is 19.7. The summed E-state index contributed by atoms with van der Waals surface area (Å²) in [5, 5.41) is 0. The zero-order valence-corrected chi connectivity index (χ0v) is 16.9. The first-order chi connectivity index (χ1) is 13.5. The second-order valence-corrected chi connectivity index (χ2v) is 7.33. The zero-order valence-electron chi connectivity index (χ0n) is 16.9. The summed E-state index contributed by atoms with van der Waals surface area (Å²) in [5.41, 5.74) is 4.35. The third-order valence-electron chi connectivity index (χ3n) is 5.38. The van der Waals surface area contributed by atoms with Crippen molar-refractivity contribution < 1.29 is 13.9 Å². The van der Waals surface area contributed by atoms with E-state index in [2.05, 4.69) is 44.0 Å². The molecule has 2 aromatic carbocycles. The van der Waals surface area contributed by atoms with Crippen LogP contribution in [-0.2, 0) is 6.54 Å². The molecule has 1 aromatic heterocycles. The first-order valence-corrected chi connectivity index (χ1v) is 9.65. The molecule has 2 heterocycles. The number of aromatic nitrogens is 1. The Morgan fingerprint density at radius 3 is 2.57 bits per heavy atom. The van der Waals surface area contributed by atoms with Crippen LogP contribution in [0.3, 0.4) is 0 Å². The first-order valence-electron chi connectivity index (χ1n) is 9.65. The van der Waals surface area contributed by atoms with Crippen molar-refractivity contribution in [2.75, 3.05) is 20.3 Å². The Bertz CT molecular complexity index is 980. The second-order valence-electron chi connectivity index (χ2n) is 7.33. The number of hydrogen-bond donors (Lipinski definition) is 0. The van der Waals surface area contributed by atoms with E-state index in [0.717, 1.165) is 34.1 Å². The third-order valence-corrected chi connectivity index (χ3v) is 5.38. The Morgan fingerprint density at radius 2 is 1.79 bits per heavy atom. The van der Waals surface area contributed by atoms with Gasteiger partial charge in [-0.2, -0.15) is 0 Å². The molecule has 1 atom stereocenters. The number of rotatable bonds is 5. The highest BCUT2D eigenvalue weighted by Gasteiger charge is 2.20. The molecule has 0 bridgehead atoms. The normalized spacial score (nSPS) is 14.3. The highest BCUT2D eigenvalue weighted by molar-refractivity contribution is 5.58. The molecular formula is C23H26N2O3. The van der Waals surface area contributed by atoms with Crippen molar-refractivity contribution in [1.82, 2.24) is 9.88 Å². The van der Waals surface area contributed by atoms with Crippen molar-refractivity contribution in [3.8, 4) is 23.0 Å². The molecule has 0 saturated carbocycles. The maximum Gasteiger partial charge on any atom is 0.226 e. The van der Waals surface area contributed by atoms with Crippen LogP contribution in [0.15, 0.2) is 46.9 Å².